The van der Waals surface area contributed by atoms with Gasteiger partial charge in [-0.3, -0.25) is 4.79 Å². The molecule has 156 valence electrons. The first-order valence-corrected chi connectivity index (χ1v) is 9.62. The van der Waals surface area contributed by atoms with E-state index in [4.69, 9.17) is 9.26 Å². The van der Waals surface area contributed by atoms with E-state index in [1.165, 1.54) is 0 Å². The number of benzene rings is 2. The molecule has 2 aromatic carbocycles. The predicted octanol–water partition coefficient (Wildman–Crippen LogP) is 4.01. The molecule has 0 fully saturated rings. The summed E-state index contributed by atoms with van der Waals surface area (Å²) >= 11 is 0. The van der Waals surface area contributed by atoms with Gasteiger partial charge >= 0.3 is 5.97 Å². The quantitative estimate of drug-likeness (QED) is 0.477. The number of anilines is 1. The molecule has 0 bridgehead atoms. The predicted molar refractivity (Wildman–Crippen MR) is 113 cm³/mol. The molecular weight excluding hydrogens is 396 g/mol. The molecule has 2 aromatic heterocycles. The van der Waals surface area contributed by atoms with Crippen molar-refractivity contribution in [1.29, 1.82) is 0 Å². The largest absolute Gasteiger partial charge is 0.444 e. The van der Waals surface area contributed by atoms with Gasteiger partial charge in [-0.25, -0.2) is 9.48 Å². The van der Waals surface area contributed by atoms with E-state index in [1.54, 1.807) is 72.4 Å². The summed E-state index contributed by atoms with van der Waals surface area (Å²) < 4.78 is 12.3. The zero-order valence-electron chi connectivity index (χ0n) is 17.0. The Balaban J connectivity index is 1.54. The van der Waals surface area contributed by atoms with Crippen LogP contribution in [-0.4, -0.2) is 26.8 Å². The Morgan fingerprint density at radius 3 is 2.39 bits per heavy atom. The lowest BCUT2D eigenvalue weighted by molar-refractivity contribution is -0.125. The topological polar surface area (TPSA) is 99.2 Å². The molecular formula is C23H20N4O4. The number of ether oxygens (including phenoxy) is 1. The summed E-state index contributed by atoms with van der Waals surface area (Å²) in [4.78, 5) is 25.6. The molecule has 0 radical (unpaired) electrons. The van der Waals surface area contributed by atoms with Crippen molar-refractivity contribution >= 4 is 17.7 Å². The zero-order chi connectivity index (χ0) is 21.8. The van der Waals surface area contributed by atoms with Crippen LogP contribution in [0.3, 0.4) is 0 Å². The van der Waals surface area contributed by atoms with E-state index < -0.39 is 18.0 Å². The number of carbonyl (C=O) groups is 2. The zero-order valence-corrected chi connectivity index (χ0v) is 17.0. The van der Waals surface area contributed by atoms with E-state index in [1.807, 2.05) is 19.1 Å². The van der Waals surface area contributed by atoms with E-state index in [2.05, 4.69) is 15.6 Å². The summed E-state index contributed by atoms with van der Waals surface area (Å²) in [7, 11) is 0. The first-order chi connectivity index (χ1) is 15.0. The van der Waals surface area contributed by atoms with Gasteiger partial charge in [-0.2, -0.15) is 5.10 Å². The van der Waals surface area contributed by atoms with Gasteiger partial charge in [0.05, 0.1) is 11.3 Å². The number of nitrogens with zero attached hydrogens (tertiary/aromatic N) is 3. The molecule has 8 nitrogen and oxygen atoms in total. The van der Waals surface area contributed by atoms with Crippen LogP contribution in [0.25, 0.3) is 5.69 Å². The Hall–Kier alpha value is -4.20. The summed E-state index contributed by atoms with van der Waals surface area (Å²) in [6.45, 7) is 3.65. The third-order valence-corrected chi connectivity index (χ3v) is 4.62. The van der Waals surface area contributed by atoms with Crippen LogP contribution in [0.15, 0.2) is 77.4 Å². The minimum atomic E-state index is -1.15. The second-order valence-corrected chi connectivity index (χ2v) is 6.94. The van der Waals surface area contributed by atoms with Crippen molar-refractivity contribution in [3.8, 4) is 5.69 Å². The highest BCUT2D eigenvalue weighted by molar-refractivity contribution is 5.97. The van der Waals surface area contributed by atoms with Gasteiger partial charge in [0, 0.05) is 23.5 Å². The molecule has 8 heteroatoms. The van der Waals surface area contributed by atoms with Crippen molar-refractivity contribution in [1.82, 2.24) is 14.9 Å². The molecule has 1 amide bonds. The molecule has 0 spiro atoms. The minimum Gasteiger partial charge on any atom is -0.444 e. The fourth-order valence-corrected chi connectivity index (χ4v) is 3.07. The summed E-state index contributed by atoms with van der Waals surface area (Å²) in [5, 5.41) is 10.6. The molecule has 1 atom stereocenters. The number of carbonyl (C=O) groups excluding carboxylic acids is 2. The van der Waals surface area contributed by atoms with Gasteiger partial charge in [0.15, 0.2) is 5.82 Å². The first kappa shape index (κ1) is 20.1. The number of nitrogens with one attached hydrogen (secondary N) is 1. The second-order valence-electron chi connectivity index (χ2n) is 6.94. The average Bonchev–Trinajstić information content (AvgIpc) is 3.40. The molecule has 0 saturated heterocycles. The molecule has 0 aliphatic rings. The number of aromatic nitrogens is 3. The Bertz CT molecular complexity index is 1200. The van der Waals surface area contributed by atoms with Crippen LogP contribution in [0.5, 0.6) is 0 Å². The van der Waals surface area contributed by atoms with Crippen molar-refractivity contribution in [3.05, 3.63) is 95.5 Å². The minimum absolute atomic E-state index is 0.249. The van der Waals surface area contributed by atoms with Gasteiger partial charge in [-0.05, 0) is 44.2 Å². The summed E-state index contributed by atoms with van der Waals surface area (Å²) in [5.41, 5.74) is 2.65. The van der Waals surface area contributed by atoms with E-state index in [0.717, 1.165) is 11.4 Å². The van der Waals surface area contributed by atoms with Gasteiger partial charge < -0.3 is 14.6 Å². The molecule has 4 aromatic rings. The molecule has 2 heterocycles. The number of hydrogen-bond acceptors (Lipinski definition) is 6. The van der Waals surface area contributed by atoms with Crippen molar-refractivity contribution in [3.63, 3.8) is 0 Å². The van der Waals surface area contributed by atoms with E-state index in [9.17, 15) is 9.59 Å². The highest BCUT2D eigenvalue weighted by atomic mass is 16.5. The lowest BCUT2D eigenvalue weighted by atomic mass is 10.1. The molecule has 0 aliphatic heterocycles. The number of aryl methyl sites for hydroxylation is 2. The maximum atomic E-state index is 12.9. The Morgan fingerprint density at radius 2 is 1.77 bits per heavy atom. The lowest BCUT2D eigenvalue weighted by Gasteiger charge is -2.17. The van der Waals surface area contributed by atoms with Crippen molar-refractivity contribution < 1.29 is 18.8 Å². The molecule has 0 aliphatic carbocycles. The Labute approximate surface area is 178 Å². The SMILES string of the molecule is Cc1cc(NC(=O)C(OC(=O)c2ccc(-n3nccc3C)cc2)c2ccccc2)no1. The molecule has 0 saturated carbocycles. The van der Waals surface area contributed by atoms with Gasteiger partial charge in [-0.1, -0.05) is 35.5 Å². The first-order valence-electron chi connectivity index (χ1n) is 9.62. The summed E-state index contributed by atoms with van der Waals surface area (Å²) in [6.07, 6.45) is 0.551. The van der Waals surface area contributed by atoms with Crippen LogP contribution < -0.4 is 5.32 Å². The number of amides is 1. The fraction of sp³-hybridized carbons (Fsp3) is 0.130. The number of rotatable bonds is 6. The third kappa shape index (κ3) is 4.53. The molecule has 31 heavy (non-hydrogen) atoms. The van der Waals surface area contributed by atoms with Gasteiger partial charge in [0.1, 0.15) is 5.76 Å². The number of esters is 1. The Morgan fingerprint density at radius 1 is 1.03 bits per heavy atom. The standard InChI is InChI=1S/C23H20N4O4/c1-15-12-13-24-27(15)19-10-8-18(9-11-19)23(29)30-21(17-6-4-3-5-7-17)22(28)25-20-14-16(2)31-26-20/h3-14,21H,1-2H3,(H,25,26,28). The van der Waals surface area contributed by atoms with Gasteiger partial charge in [0.2, 0.25) is 6.10 Å². The Kier molecular flexibility index (Phi) is 5.61. The highest BCUT2D eigenvalue weighted by Gasteiger charge is 2.26. The maximum absolute atomic E-state index is 12.9. The molecule has 1 unspecified atom stereocenters. The van der Waals surface area contributed by atoms with Crippen LogP contribution in [0, 0.1) is 13.8 Å². The fourth-order valence-electron chi connectivity index (χ4n) is 3.07. The lowest BCUT2D eigenvalue weighted by Crippen LogP contribution is -2.26. The summed E-state index contributed by atoms with van der Waals surface area (Å²) in [6, 6.07) is 19.1. The molecule has 1 N–H and O–H groups in total. The van der Waals surface area contributed by atoms with E-state index in [-0.39, 0.29) is 5.82 Å². The highest BCUT2D eigenvalue weighted by Crippen LogP contribution is 2.22. The van der Waals surface area contributed by atoms with Crippen molar-refractivity contribution in [2.75, 3.05) is 5.32 Å². The van der Waals surface area contributed by atoms with Crippen LogP contribution in [0.1, 0.15) is 33.5 Å². The second kappa shape index (κ2) is 8.66. The average molecular weight is 416 g/mol. The smallest absolute Gasteiger partial charge is 0.339 e. The van der Waals surface area contributed by atoms with E-state index >= 15 is 0 Å². The molecule has 4 rings (SSSR count). The van der Waals surface area contributed by atoms with E-state index in [0.29, 0.717) is 16.9 Å². The third-order valence-electron chi connectivity index (χ3n) is 4.62. The van der Waals surface area contributed by atoms with Gasteiger partial charge in [-0.15, -0.1) is 0 Å². The van der Waals surface area contributed by atoms with Crippen molar-refractivity contribution in [2.45, 2.75) is 20.0 Å². The van der Waals surface area contributed by atoms with Crippen LogP contribution in [0.4, 0.5) is 5.82 Å². The van der Waals surface area contributed by atoms with Crippen LogP contribution in [-0.2, 0) is 9.53 Å². The van der Waals surface area contributed by atoms with Crippen LogP contribution >= 0.6 is 0 Å². The van der Waals surface area contributed by atoms with Crippen molar-refractivity contribution in [2.24, 2.45) is 0 Å². The summed E-state index contributed by atoms with van der Waals surface area (Å²) in [5.74, 6) is -0.352. The number of hydrogen-bond donors (Lipinski definition) is 1. The monoisotopic (exact) mass is 416 g/mol. The van der Waals surface area contributed by atoms with Gasteiger partial charge in [0.25, 0.3) is 5.91 Å². The van der Waals surface area contributed by atoms with Crippen LogP contribution in [0.2, 0.25) is 0 Å². The maximum Gasteiger partial charge on any atom is 0.339 e. The normalized spacial score (nSPS) is 11.7.